The SMILES string of the molecule is C=CCOC(=O)N1c2cc(OCCCC(=O)Nc3cn(C)c(C(=O)Nc4ccc(C(=O)OC)cc4)n3)c(OC)cc2C(=O)N2CCCCC2C1OC1CCCCO1. The topological polar surface area (TPSA) is 189 Å². The number of esters is 1. The summed E-state index contributed by atoms with van der Waals surface area (Å²) in [5, 5.41) is 5.42. The Morgan fingerprint density at radius 3 is 2.53 bits per heavy atom. The number of carbonyl (C=O) groups excluding carboxylic acids is 5. The molecule has 1 aromatic heterocycles. The monoisotopic (exact) mass is 788 g/mol. The summed E-state index contributed by atoms with van der Waals surface area (Å²) in [6, 6.07) is 8.86. The van der Waals surface area contributed by atoms with Crippen LogP contribution in [-0.2, 0) is 30.8 Å². The molecule has 0 aliphatic carbocycles. The number of hydrogen-bond donors (Lipinski definition) is 2. The van der Waals surface area contributed by atoms with Crippen LogP contribution >= 0.6 is 0 Å². The number of piperidine rings is 1. The fourth-order valence-electron chi connectivity index (χ4n) is 7.04. The van der Waals surface area contributed by atoms with Crippen molar-refractivity contribution in [2.45, 2.75) is 69.9 Å². The van der Waals surface area contributed by atoms with Gasteiger partial charge < -0.3 is 48.5 Å². The number of imidazole rings is 1. The lowest BCUT2D eigenvalue weighted by Gasteiger charge is -2.42. The van der Waals surface area contributed by atoms with Gasteiger partial charge in [0, 0.05) is 44.6 Å². The molecule has 4 amide bonds. The summed E-state index contributed by atoms with van der Waals surface area (Å²) in [6.45, 7) is 4.72. The number of aromatic nitrogens is 2. The highest BCUT2D eigenvalue weighted by Crippen LogP contribution is 2.42. The van der Waals surface area contributed by atoms with Crippen LogP contribution in [0.4, 0.5) is 22.0 Å². The number of nitrogens with zero attached hydrogens (tertiary/aromatic N) is 4. The zero-order chi connectivity index (χ0) is 40.5. The normalized spacial score (nSPS) is 19.0. The van der Waals surface area contributed by atoms with E-state index in [1.54, 1.807) is 36.2 Å². The summed E-state index contributed by atoms with van der Waals surface area (Å²) in [6.07, 6.45) is 5.87. The minimum atomic E-state index is -0.904. The molecule has 2 aromatic carbocycles. The van der Waals surface area contributed by atoms with Crippen molar-refractivity contribution in [2.24, 2.45) is 7.05 Å². The van der Waals surface area contributed by atoms with Crippen LogP contribution in [0, 0.1) is 0 Å². The maximum Gasteiger partial charge on any atom is 0.416 e. The van der Waals surface area contributed by atoms with Crippen LogP contribution < -0.4 is 25.0 Å². The van der Waals surface area contributed by atoms with E-state index in [9.17, 15) is 24.0 Å². The molecule has 17 heteroatoms. The van der Waals surface area contributed by atoms with Crippen molar-refractivity contribution in [3.05, 3.63) is 72.2 Å². The van der Waals surface area contributed by atoms with Crippen LogP contribution in [0.15, 0.2) is 55.3 Å². The molecule has 2 N–H and O–H groups in total. The molecule has 4 heterocycles. The van der Waals surface area contributed by atoms with Gasteiger partial charge in [-0.1, -0.05) is 12.7 Å². The largest absolute Gasteiger partial charge is 0.493 e. The van der Waals surface area contributed by atoms with Crippen LogP contribution in [0.5, 0.6) is 11.5 Å². The van der Waals surface area contributed by atoms with Crippen molar-refractivity contribution in [3.8, 4) is 11.5 Å². The van der Waals surface area contributed by atoms with E-state index < -0.39 is 36.5 Å². The summed E-state index contributed by atoms with van der Waals surface area (Å²) in [5.74, 6) is -0.884. The van der Waals surface area contributed by atoms with Gasteiger partial charge in [0.25, 0.3) is 11.8 Å². The Balaban J connectivity index is 1.13. The first-order chi connectivity index (χ1) is 27.6. The standard InChI is InChI=1S/C40H48N6O11/c1-5-19-56-40(51)46-29-23-31(30(52-3)22-27(29)37(49)45-18-8-6-11-28(45)38(46)57-34-13-7-9-20-55-34)54-21-10-12-33(47)42-32-24-44(2)35(43-32)36(48)41-26-16-14-25(15-17-26)39(50)53-4/h5,14-17,22-24,28,34,38H,1,6-13,18-21H2,2-4H3,(H,41,48)(H,42,47). The minimum absolute atomic E-state index is 0.0460. The Hall–Kier alpha value is -5.94. The van der Waals surface area contributed by atoms with E-state index in [1.165, 1.54) is 48.1 Å². The molecule has 6 rings (SSSR count). The third-order valence-electron chi connectivity index (χ3n) is 9.83. The van der Waals surface area contributed by atoms with Gasteiger partial charge in [-0.3, -0.25) is 14.4 Å². The van der Waals surface area contributed by atoms with Crippen molar-refractivity contribution >= 4 is 47.0 Å². The van der Waals surface area contributed by atoms with Crippen LogP contribution in [0.25, 0.3) is 0 Å². The summed E-state index contributed by atoms with van der Waals surface area (Å²) in [4.78, 5) is 73.0. The average molecular weight is 789 g/mol. The molecule has 2 fully saturated rings. The van der Waals surface area contributed by atoms with Crippen LogP contribution in [0.3, 0.4) is 0 Å². The number of aryl methyl sites for hydroxylation is 1. The summed E-state index contributed by atoms with van der Waals surface area (Å²) in [5.41, 5.74) is 1.25. The van der Waals surface area contributed by atoms with Crippen molar-refractivity contribution in [1.82, 2.24) is 14.5 Å². The lowest BCUT2D eigenvalue weighted by Crippen LogP contribution is -2.57. The number of nitrogens with one attached hydrogen (secondary N) is 2. The van der Waals surface area contributed by atoms with Gasteiger partial charge in [0.1, 0.15) is 6.61 Å². The molecule has 17 nitrogen and oxygen atoms in total. The average Bonchev–Trinajstić information content (AvgIpc) is 3.56. The fourth-order valence-corrected chi connectivity index (χ4v) is 7.04. The van der Waals surface area contributed by atoms with Gasteiger partial charge >= 0.3 is 12.1 Å². The number of methoxy groups -OCH3 is 2. The first-order valence-corrected chi connectivity index (χ1v) is 18.9. The number of anilines is 3. The van der Waals surface area contributed by atoms with Gasteiger partial charge in [-0.2, -0.15) is 0 Å². The number of ether oxygens (including phenoxy) is 6. The van der Waals surface area contributed by atoms with Gasteiger partial charge in [-0.05, 0) is 75.3 Å². The molecule has 3 aliphatic heterocycles. The Morgan fingerprint density at radius 2 is 1.81 bits per heavy atom. The van der Waals surface area contributed by atoms with E-state index >= 15 is 0 Å². The van der Waals surface area contributed by atoms with Gasteiger partial charge in [0.15, 0.2) is 29.8 Å². The lowest BCUT2D eigenvalue weighted by molar-refractivity contribution is -0.198. The fraction of sp³-hybridized carbons (Fsp3) is 0.450. The van der Waals surface area contributed by atoms with Crippen molar-refractivity contribution in [2.75, 3.05) is 56.1 Å². The number of amides is 4. The summed E-state index contributed by atoms with van der Waals surface area (Å²) in [7, 11) is 4.36. The summed E-state index contributed by atoms with van der Waals surface area (Å²) >= 11 is 0. The second-order valence-corrected chi connectivity index (χ2v) is 13.7. The maximum absolute atomic E-state index is 14.2. The van der Waals surface area contributed by atoms with E-state index in [1.807, 2.05) is 0 Å². The third-order valence-corrected chi connectivity index (χ3v) is 9.83. The van der Waals surface area contributed by atoms with Gasteiger partial charge in [0.2, 0.25) is 11.7 Å². The summed E-state index contributed by atoms with van der Waals surface area (Å²) < 4.78 is 36.0. The third kappa shape index (κ3) is 9.55. The highest BCUT2D eigenvalue weighted by Gasteiger charge is 2.47. The zero-order valence-corrected chi connectivity index (χ0v) is 32.3. The Kier molecular flexibility index (Phi) is 13.4. The second-order valence-electron chi connectivity index (χ2n) is 13.7. The molecule has 57 heavy (non-hydrogen) atoms. The molecule has 0 radical (unpaired) electrons. The molecule has 3 aromatic rings. The molecule has 0 bridgehead atoms. The van der Waals surface area contributed by atoms with Crippen molar-refractivity contribution in [1.29, 1.82) is 0 Å². The molecule has 304 valence electrons. The molecule has 3 atom stereocenters. The number of carbonyl (C=O) groups is 5. The predicted molar refractivity (Wildman–Crippen MR) is 206 cm³/mol. The molecule has 3 unspecified atom stereocenters. The van der Waals surface area contributed by atoms with Crippen LogP contribution in [-0.4, -0.2) is 103 Å². The first kappa shape index (κ1) is 40.7. The predicted octanol–water partition coefficient (Wildman–Crippen LogP) is 5.27. The number of rotatable bonds is 14. The molecule has 0 spiro atoms. The Labute approximate surface area is 330 Å². The number of hydrogen-bond acceptors (Lipinski definition) is 12. The molecule has 0 saturated carbocycles. The van der Waals surface area contributed by atoms with E-state index in [-0.39, 0.29) is 72.3 Å². The molecule has 3 aliphatic rings. The first-order valence-electron chi connectivity index (χ1n) is 18.9. The van der Waals surface area contributed by atoms with Crippen molar-refractivity contribution in [3.63, 3.8) is 0 Å². The zero-order valence-electron chi connectivity index (χ0n) is 32.3. The van der Waals surface area contributed by atoms with Gasteiger partial charge in [-0.15, -0.1) is 0 Å². The number of benzene rings is 2. The van der Waals surface area contributed by atoms with E-state index in [2.05, 4.69) is 22.2 Å². The molecular weight excluding hydrogens is 740 g/mol. The molecular formula is C40H48N6O11. The molecule has 2 saturated heterocycles. The van der Waals surface area contributed by atoms with Crippen molar-refractivity contribution < 1.29 is 52.4 Å². The highest BCUT2D eigenvalue weighted by molar-refractivity contribution is 6.06. The smallest absolute Gasteiger partial charge is 0.416 e. The quantitative estimate of drug-likeness (QED) is 0.123. The van der Waals surface area contributed by atoms with E-state index in [4.69, 9.17) is 28.4 Å². The highest BCUT2D eigenvalue weighted by atomic mass is 16.7. The lowest BCUT2D eigenvalue weighted by atomic mass is 10.00. The van der Waals surface area contributed by atoms with Gasteiger partial charge in [-0.25, -0.2) is 19.5 Å². The maximum atomic E-state index is 14.2. The Bertz CT molecular complexity index is 1960. The van der Waals surface area contributed by atoms with Crippen LogP contribution in [0.2, 0.25) is 0 Å². The van der Waals surface area contributed by atoms with E-state index in [0.29, 0.717) is 37.2 Å². The number of fused-ring (bicyclic) bond motifs is 2. The minimum Gasteiger partial charge on any atom is -0.493 e. The second kappa shape index (κ2) is 18.8. The Morgan fingerprint density at radius 1 is 1.02 bits per heavy atom. The van der Waals surface area contributed by atoms with Gasteiger partial charge in [0.05, 0.1) is 43.7 Å². The van der Waals surface area contributed by atoms with Crippen LogP contribution in [0.1, 0.15) is 82.7 Å². The van der Waals surface area contributed by atoms with E-state index in [0.717, 1.165) is 25.7 Å².